The van der Waals surface area contributed by atoms with Crippen LogP contribution in [0.4, 0.5) is 0 Å². The van der Waals surface area contributed by atoms with Gasteiger partial charge in [-0.2, -0.15) is 0 Å². The van der Waals surface area contributed by atoms with Crippen molar-refractivity contribution in [3.05, 3.63) is 42.1 Å². The Morgan fingerprint density at radius 3 is 2.86 bits per heavy atom. The summed E-state index contributed by atoms with van der Waals surface area (Å²) in [6.07, 6.45) is 3.34. The van der Waals surface area contributed by atoms with E-state index < -0.39 is 0 Å². The summed E-state index contributed by atoms with van der Waals surface area (Å²) in [7, 11) is 0. The van der Waals surface area contributed by atoms with E-state index in [-0.39, 0.29) is 18.6 Å². The van der Waals surface area contributed by atoms with Gasteiger partial charge in [0.2, 0.25) is 0 Å². The highest BCUT2D eigenvalue weighted by molar-refractivity contribution is 5.78. The summed E-state index contributed by atoms with van der Waals surface area (Å²) in [5.41, 5.74) is 2.28. The molecule has 3 heteroatoms. The first kappa shape index (κ1) is 15.4. The minimum Gasteiger partial charge on any atom is -0.396 e. The summed E-state index contributed by atoms with van der Waals surface area (Å²) in [6.45, 7) is 5.28. The highest BCUT2D eigenvalue weighted by atomic mass is 16.5. The molecule has 0 spiro atoms. The van der Waals surface area contributed by atoms with Gasteiger partial charge >= 0.3 is 0 Å². The number of aromatic nitrogens is 1. The number of para-hydroxylation sites is 1. The van der Waals surface area contributed by atoms with Gasteiger partial charge in [-0.05, 0) is 36.8 Å². The van der Waals surface area contributed by atoms with Crippen molar-refractivity contribution in [1.82, 2.24) is 4.98 Å². The highest BCUT2D eigenvalue weighted by Crippen LogP contribution is 2.39. The van der Waals surface area contributed by atoms with E-state index >= 15 is 0 Å². The summed E-state index contributed by atoms with van der Waals surface area (Å²) in [4.78, 5) is 4.65. The molecular formula is C19H25NO2. The van der Waals surface area contributed by atoms with Gasteiger partial charge in [0, 0.05) is 17.9 Å². The minimum absolute atomic E-state index is 0.145. The van der Waals surface area contributed by atoms with Crippen LogP contribution in [0.2, 0.25) is 0 Å². The molecule has 1 N–H and O–H groups in total. The zero-order valence-electron chi connectivity index (χ0n) is 13.5. The third-order valence-electron chi connectivity index (χ3n) is 4.78. The van der Waals surface area contributed by atoms with Crippen LogP contribution < -0.4 is 0 Å². The standard InChI is InChI=1S/C19H25NO2/c1-19(2)10-9-18(15(11-19)12-21)22-13-16-8-7-14-5-3-4-6-17(14)20-16/h3-8,15,18,21H,9-13H2,1-2H3/t15-,18+/m0/s1. The first-order valence-corrected chi connectivity index (χ1v) is 8.14. The Bertz CT molecular complexity index is 638. The minimum atomic E-state index is 0.145. The van der Waals surface area contributed by atoms with Crippen molar-refractivity contribution < 1.29 is 9.84 Å². The van der Waals surface area contributed by atoms with E-state index in [0.29, 0.717) is 12.0 Å². The second-order valence-corrected chi connectivity index (χ2v) is 7.19. The Morgan fingerprint density at radius 1 is 1.23 bits per heavy atom. The molecule has 2 atom stereocenters. The molecule has 3 nitrogen and oxygen atoms in total. The Labute approximate surface area is 132 Å². The second-order valence-electron chi connectivity index (χ2n) is 7.19. The van der Waals surface area contributed by atoms with E-state index in [1.54, 1.807) is 0 Å². The quantitative estimate of drug-likeness (QED) is 0.930. The van der Waals surface area contributed by atoms with Gasteiger partial charge < -0.3 is 9.84 Å². The first-order chi connectivity index (χ1) is 10.6. The molecule has 0 aliphatic heterocycles. The molecule has 0 unspecified atom stereocenters. The molecular weight excluding hydrogens is 274 g/mol. The zero-order valence-corrected chi connectivity index (χ0v) is 13.5. The monoisotopic (exact) mass is 299 g/mol. The molecule has 2 aromatic rings. The summed E-state index contributed by atoms with van der Waals surface area (Å²) in [5, 5.41) is 10.8. The number of aliphatic hydroxyl groups excluding tert-OH is 1. The Hall–Kier alpha value is -1.45. The van der Waals surface area contributed by atoms with Gasteiger partial charge in [-0.25, -0.2) is 0 Å². The molecule has 0 radical (unpaired) electrons. The predicted molar refractivity (Wildman–Crippen MR) is 88.5 cm³/mol. The number of aliphatic hydroxyl groups is 1. The fourth-order valence-electron chi connectivity index (χ4n) is 3.49. The SMILES string of the molecule is CC1(C)CC[C@@H](OCc2ccc3ccccc3n2)[C@H](CO)C1. The number of pyridine rings is 1. The van der Waals surface area contributed by atoms with Crippen LogP contribution in [0.5, 0.6) is 0 Å². The fourth-order valence-corrected chi connectivity index (χ4v) is 3.49. The number of ether oxygens (including phenoxy) is 1. The molecule has 0 amide bonds. The van der Waals surface area contributed by atoms with Crippen molar-refractivity contribution >= 4 is 10.9 Å². The number of nitrogens with zero attached hydrogens (tertiary/aromatic N) is 1. The maximum atomic E-state index is 9.64. The molecule has 1 saturated carbocycles. The van der Waals surface area contributed by atoms with Crippen LogP contribution in [0.25, 0.3) is 10.9 Å². The molecule has 1 aromatic carbocycles. The molecule has 22 heavy (non-hydrogen) atoms. The maximum absolute atomic E-state index is 9.64. The Morgan fingerprint density at radius 2 is 2.05 bits per heavy atom. The Kier molecular flexibility index (Phi) is 4.46. The van der Waals surface area contributed by atoms with Crippen LogP contribution in [0.15, 0.2) is 36.4 Å². The molecule has 118 valence electrons. The predicted octanol–water partition coefficient (Wildman–Crippen LogP) is 3.94. The highest BCUT2D eigenvalue weighted by Gasteiger charge is 2.35. The summed E-state index contributed by atoms with van der Waals surface area (Å²) in [6, 6.07) is 12.2. The molecule has 1 aliphatic carbocycles. The van der Waals surface area contributed by atoms with Gasteiger partial charge in [0.1, 0.15) is 0 Å². The van der Waals surface area contributed by atoms with E-state index in [4.69, 9.17) is 4.74 Å². The average Bonchev–Trinajstić information content (AvgIpc) is 2.53. The molecule has 3 rings (SSSR count). The van der Waals surface area contributed by atoms with Gasteiger partial charge in [0.25, 0.3) is 0 Å². The normalized spacial score (nSPS) is 24.5. The summed E-state index contributed by atoms with van der Waals surface area (Å²) >= 11 is 0. The molecule has 1 aromatic heterocycles. The van der Waals surface area contributed by atoms with E-state index in [9.17, 15) is 5.11 Å². The number of rotatable bonds is 4. The van der Waals surface area contributed by atoms with Gasteiger partial charge in [-0.1, -0.05) is 38.1 Å². The third kappa shape index (κ3) is 3.47. The molecule has 0 saturated heterocycles. The van der Waals surface area contributed by atoms with Crippen LogP contribution in [0.3, 0.4) is 0 Å². The molecule has 1 heterocycles. The lowest BCUT2D eigenvalue weighted by Gasteiger charge is -2.39. The van der Waals surface area contributed by atoms with Gasteiger partial charge in [-0.15, -0.1) is 0 Å². The smallest absolute Gasteiger partial charge is 0.0892 e. The molecule has 1 aliphatic rings. The largest absolute Gasteiger partial charge is 0.396 e. The van der Waals surface area contributed by atoms with Crippen molar-refractivity contribution in [2.45, 2.75) is 45.8 Å². The van der Waals surface area contributed by atoms with Crippen LogP contribution in [0, 0.1) is 11.3 Å². The lowest BCUT2D eigenvalue weighted by Crippen LogP contribution is -2.37. The van der Waals surface area contributed by atoms with Crippen molar-refractivity contribution in [1.29, 1.82) is 0 Å². The van der Waals surface area contributed by atoms with E-state index in [0.717, 1.165) is 35.9 Å². The maximum Gasteiger partial charge on any atom is 0.0892 e. The third-order valence-corrected chi connectivity index (χ3v) is 4.78. The lowest BCUT2D eigenvalue weighted by atomic mass is 9.71. The van der Waals surface area contributed by atoms with Crippen molar-refractivity contribution in [2.75, 3.05) is 6.61 Å². The van der Waals surface area contributed by atoms with Crippen LogP contribution in [0.1, 0.15) is 38.8 Å². The van der Waals surface area contributed by atoms with E-state index in [1.165, 1.54) is 0 Å². The van der Waals surface area contributed by atoms with E-state index in [1.807, 2.05) is 24.3 Å². The van der Waals surface area contributed by atoms with Crippen molar-refractivity contribution in [3.8, 4) is 0 Å². The second kappa shape index (κ2) is 6.35. The number of hydrogen-bond acceptors (Lipinski definition) is 3. The fraction of sp³-hybridized carbons (Fsp3) is 0.526. The van der Waals surface area contributed by atoms with Gasteiger partial charge in [0.15, 0.2) is 0 Å². The summed E-state index contributed by atoms with van der Waals surface area (Å²) < 4.78 is 6.09. The van der Waals surface area contributed by atoms with Crippen molar-refractivity contribution in [3.63, 3.8) is 0 Å². The average molecular weight is 299 g/mol. The van der Waals surface area contributed by atoms with Gasteiger partial charge in [-0.3, -0.25) is 4.98 Å². The first-order valence-electron chi connectivity index (χ1n) is 8.14. The zero-order chi connectivity index (χ0) is 15.6. The number of fused-ring (bicyclic) bond motifs is 1. The van der Waals surface area contributed by atoms with Crippen LogP contribution >= 0.6 is 0 Å². The van der Waals surface area contributed by atoms with Crippen molar-refractivity contribution in [2.24, 2.45) is 11.3 Å². The van der Waals surface area contributed by atoms with Gasteiger partial charge in [0.05, 0.1) is 23.9 Å². The van der Waals surface area contributed by atoms with E-state index in [2.05, 4.69) is 31.0 Å². The number of hydrogen-bond donors (Lipinski definition) is 1. The summed E-state index contributed by atoms with van der Waals surface area (Å²) in [5.74, 6) is 0.240. The lowest BCUT2D eigenvalue weighted by molar-refractivity contribution is -0.0631. The number of benzene rings is 1. The van der Waals surface area contributed by atoms with Crippen LogP contribution in [-0.4, -0.2) is 22.8 Å². The van der Waals surface area contributed by atoms with Crippen LogP contribution in [-0.2, 0) is 11.3 Å². The molecule has 1 fully saturated rings. The molecule has 0 bridgehead atoms. The Balaban J connectivity index is 1.65. The topological polar surface area (TPSA) is 42.4 Å².